The van der Waals surface area contributed by atoms with Crippen molar-refractivity contribution in [2.24, 2.45) is 0 Å². The van der Waals surface area contributed by atoms with Gasteiger partial charge in [0.25, 0.3) is 10.1 Å². The van der Waals surface area contributed by atoms with Gasteiger partial charge in [-0.2, -0.15) is 8.42 Å². The standard InChI is InChI=1S/C7H17NO3S/c1-4-7(12(9,10)11)5-6-8(2)3/h7H,4-6H2,1-3H3,(H,9,10,11). The van der Waals surface area contributed by atoms with Gasteiger partial charge in [0, 0.05) is 0 Å². The molecule has 0 aromatic carbocycles. The van der Waals surface area contributed by atoms with Crippen LogP contribution in [0.3, 0.4) is 0 Å². The SMILES string of the molecule is CCC(CCN(C)C)S(=O)(=O)O. The zero-order chi connectivity index (χ0) is 9.78. The maximum absolute atomic E-state index is 10.7. The average molecular weight is 195 g/mol. The normalized spacial score (nSPS) is 15.1. The van der Waals surface area contributed by atoms with Gasteiger partial charge in [0.2, 0.25) is 0 Å². The molecule has 5 heteroatoms. The molecule has 0 aliphatic heterocycles. The van der Waals surface area contributed by atoms with E-state index in [9.17, 15) is 8.42 Å². The molecule has 0 amide bonds. The summed E-state index contributed by atoms with van der Waals surface area (Å²) >= 11 is 0. The maximum Gasteiger partial charge on any atom is 0.267 e. The monoisotopic (exact) mass is 195 g/mol. The third-order valence-electron chi connectivity index (χ3n) is 1.77. The van der Waals surface area contributed by atoms with Crippen molar-refractivity contribution in [2.75, 3.05) is 20.6 Å². The molecule has 0 saturated heterocycles. The lowest BCUT2D eigenvalue weighted by atomic mass is 10.2. The molecule has 74 valence electrons. The van der Waals surface area contributed by atoms with Crippen molar-refractivity contribution in [3.8, 4) is 0 Å². The van der Waals surface area contributed by atoms with E-state index in [1.165, 1.54) is 0 Å². The van der Waals surface area contributed by atoms with Crippen LogP contribution in [0, 0.1) is 0 Å². The van der Waals surface area contributed by atoms with Crippen LogP contribution >= 0.6 is 0 Å². The third kappa shape index (κ3) is 4.69. The molecule has 0 aromatic heterocycles. The Bertz CT molecular complexity index is 211. The lowest BCUT2D eigenvalue weighted by molar-refractivity contribution is 0.383. The highest BCUT2D eigenvalue weighted by Gasteiger charge is 2.20. The van der Waals surface area contributed by atoms with Crippen molar-refractivity contribution < 1.29 is 13.0 Å². The fourth-order valence-electron chi connectivity index (χ4n) is 0.966. The number of rotatable bonds is 5. The second-order valence-corrected chi connectivity index (χ2v) is 4.83. The highest BCUT2D eigenvalue weighted by atomic mass is 32.2. The molecular weight excluding hydrogens is 178 g/mol. The molecule has 0 spiro atoms. The van der Waals surface area contributed by atoms with Crippen molar-refractivity contribution >= 4 is 10.1 Å². The van der Waals surface area contributed by atoms with Crippen molar-refractivity contribution in [1.29, 1.82) is 0 Å². The smallest absolute Gasteiger partial charge is 0.267 e. The Morgan fingerprint density at radius 1 is 1.42 bits per heavy atom. The van der Waals surface area contributed by atoms with Crippen LogP contribution in [0.25, 0.3) is 0 Å². The van der Waals surface area contributed by atoms with Crippen LogP contribution in [0.15, 0.2) is 0 Å². The van der Waals surface area contributed by atoms with Crippen LogP contribution in [0.4, 0.5) is 0 Å². The highest BCUT2D eigenvalue weighted by Crippen LogP contribution is 2.08. The predicted molar refractivity (Wildman–Crippen MR) is 48.8 cm³/mol. The summed E-state index contributed by atoms with van der Waals surface area (Å²) in [5.41, 5.74) is 0. The third-order valence-corrected chi connectivity index (χ3v) is 3.19. The van der Waals surface area contributed by atoms with Gasteiger partial charge >= 0.3 is 0 Å². The zero-order valence-electron chi connectivity index (χ0n) is 7.82. The Labute approximate surface area is 74.3 Å². The van der Waals surface area contributed by atoms with Crippen molar-refractivity contribution in [3.05, 3.63) is 0 Å². The second-order valence-electron chi connectivity index (χ2n) is 3.14. The summed E-state index contributed by atoms with van der Waals surface area (Å²) in [7, 11) is -0.0938. The van der Waals surface area contributed by atoms with Crippen molar-refractivity contribution in [2.45, 2.75) is 25.0 Å². The van der Waals surface area contributed by atoms with Crippen LogP contribution in [-0.2, 0) is 10.1 Å². The number of hydrogen-bond acceptors (Lipinski definition) is 3. The maximum atomic E-state index is 10.7. The first kappa shape index (κ1) is 11.9. The number of hydrogen-bond donors (Lipinski definition) is 1. The van der Waals surface area contributed by atoms with E-state index >= 15 is 0 Å². The zero-order valence-corrected chi connectivity index (χ0v) is 8.63. The Kier molecular flexibility index (Phi) is 4.74. The van der Waals surface area contributed by atoms with Gasteiger partial charge in [-0.25, -0.2) is 0 Å². The van der Waals surface area contributed by atoms with Gasteiger partial charge in [-0.3, -0.25) is 4.55 Å². The minimum Gasteiger partial charge on any atom is -0.309 e. The molecule has 1 unspecified atom stereocenters. The Hall–Kier alpha value is -0.130. The Morgan fingerprint density at radius 2 is 1.92 bits per heavy atom. The van der Waals surface area contributed by atoms with Gasteiger partial charge in [0.05, 0.1) is 5.25 Å². The molecule has 0 heterocycles. The average Bonchev–Trinajstić information content (AvgIpc) is 1.85. The molecule has 0 rings (SSSR count). The van der Waals surface area contributed by atoms with Crippen LogP contribution < -0.4 is 0 Å². The molecule has 0 aliphatic carbocycles. The van der Waals surface area contributed by atoms with Gasteiger partial charge in [0.15, 0.2) is 0 Å². The van der Waals surface area contributed by atoms with E-state index in [-0.39, 0.29) is 0 Å². The van der Waals surface area contributed by atoms with E-state index in [1.807, 2.05) is 19.0 Å². The second kappa shape index (κ2) is 4.79. The van der Waals surface area contributed by atoms with E-state index in [0.717, 1.165) is 0 Å². The first-order valence-electron chi connectivity index (χ1n) is 3.99. The lowest BCUT2D eigenvalue weighted by Gasteiger charge is -2.14. The molecule has 1 atom stereocenters. The summed E-state index contributed by atoms with van der Waals surface area (Å²) in [6, 6.07) is 0. The summed E-state index contributed by atoms with van der Waals surface area (Å²) in [6.45, 7) is 2.44. The van der Waals surface area contributed by atoms with Gasteiger partial charge in [-0.1, -0.05) is 6.92 Å². The fraction of sp³-hybridized carbons (Fsp3) is 1.00. The van der Waals surface area contributed by atoms with E-state index in [4.69, 9.17) is 4.55 Å². The first-order valence-corrected chi connectivity index (χ1v) is 5.49. The molecule has 1 N–H and O–H groups in total. The Morgan fingerprint density at radius 3 is 2.17 bits per heavy atom. The van der Waals surface area contributed by atoms with E-state index in [1.54, 1.807) is 6.92 Å². The molecule has 0 saturated carbocycles. The molecule has 0 aliphatic rings. The number of nitrogens with zero attached hydrogens (tertiary/aromatic N) is 1. The Balaban J connectivity index is 4.03. The largest absolute Gasteiger partial charge is 0.309 e. The topological polar surface area (TPSA) is 57.6 Å². The van der Waals surface area contributed by atoms with Crippen LogP contribution in [0.2, 0.25) is 0 Å². The summed E-state index contributed by atoms with van der Waals surface area (Å²) in [5, 5.41) is -0.611. The van der Waals surface area contributed by atoms with Gasteiger partial charge < -0.3 is 4.90 Å². The minimum atomic E-state index is -3.84. The molecule has 12 heavy (non-hydrogen) atoms. The van der Waals surface area contributed by atoms with E-state index in [0.29, 0.717) is 19.4 Å². The predicted octanol–water partition coefficient (Wildman–Crippen LogP) is 0.605. The summed E-state index contributed by atoms with van der Waals surface area (Å²) in [4.78, 5) is 1.90. The quantitative estimate of drug-likeness (QED) is 0.653. The van der Waals surface area contributed by atoms with E-state index < -0.39 is 15.4 Å². The van der Waals surface area contributed by atoms with E-state index in [2.05, 4.69) is 0 Å². The first-order chi connectivity index (χ1) is 5.38. The molecule has 0 radical (unpaired) electrons. The minimum absolute atomic E-state index is 0.465. The summed E-state index contributed by atoms with van der Waals surface area (Å²) in [6.07, 6.45) is 0.953. The van der Waals surface area contributed by atoms with Gasteiger partial charge in [0.1, 0.15) is 0 Å². The van der Waals surface area contributed by atoms with Gasteiger partial charge in [-0.05, 0) is 33.5 Å². The highest BCUT2D eigenvalue weighted by molar-refractivity contribution is 7.86. The summed E-state index contributed by atoms with van der Waals surface area (Å²) in [5.74, 6) is 0. The molecule has 0 aromatic rings. The van der Waals surface area contributed by atoms with Crippen LogP contribution in [0.5, 0.6) is 0 Å². The lowest BCUT2D eigenvalue weighted by Crippen LogP contribution is -2.25. The molecule has 0 fully saturated rings. The fourth-order valence-corrected chi connectivity index (χ4v) is 1.79. The van der Waals surface area contributed by atoms with Crippen molar-refractivity contribution in [1.82, 2.24) is 4.90 Å². The van der Waals surface area contributed by atoms with Crippen LogP contribution in [-0.4, -0.2) is 43.8 Å². The molecule has 0 bridgehead atoms. The van der Waals surface area contributed by atoms with Gasteiger partial charge in [-0.15, -0.1) is 0 Å². The summed E-state index contributed by atoms with van der Waals surface area (Å²) < 4.78 is 30.2. The van der Waals surface area contributed by atoms with Crippen LogP contribution in [0.1, 0.15) is 19.8 Å². The van der Waals surface area contributed by atoms with Crippen molar-refractivity contribution in [3.63, 3.8) is 0 Å². The molecular formula is C7H17NO3S. The molecule has 4 nitrogen and oxygen atoms in total.